The van der Waals surface area contributed by atoms with E-state index in [4.69, 9.17) is 16.3 Å². The molecular weight excluding hydrogens is 306 g/mol. The first-order valence-electron chi connectivity index (χ1n) is 7.50. The summed E-state index contributed by atoms with van der Waals surface area (Å²) in [5.74, 6) is -0.848. The van der Waals surface area contributed by atoms with Gasteiger partial charge in [-0.3, -0.25) is 4.79 Å². The first kappa shape index (κ1) is 16.6. The van der Waals surface area contributed by atoms with Crippen LogP contribution in [-0.4, -0.2) is 41.1 Å². The third-order valence-electron chi connectivity index (χ3n) is 3.73. The summed E-state index contributed by atoms with van der Waals surface area (Å²) >= 11 is 5.99. The quantitative estimate of drug-likeness (QED) is 0.816. The predicted molar refractivity (Wildman–Crippen MR) is 83.5 cm³/mol. The fourth-order valence-corrected chi connectivity index (χ4v) is 2.72. The van der Waals surface area contributed by atoms with Crippen LogP contribution in [0.5, 0.6) is 5.75 Å². The molecule has 0 bridgehead atoms. The molecule has 1 unspecified atom stereocenters. The zero-order valence-electron chi connectivity index (χ0n) is 12.5. The number of carboxylic acid groups (broad SMARTS) is 1. The Morgan fingerprint density at radius 2 is 2.23 bits per heavy atom. The van der Waals surface area contributed by atoms with Gasteiger partial charge in [0.25, 0.3) is 5.91 Å². The zero-order valence-corrected chi connectivity index (χ0v) is 13.3. The second-order valence-electron chi connectivity index (χ2n) is 5.34. The fourth-order valence-electron chi connectivity index (χ4n) is 2.54. The number of nitrogens with zero attached hydrogens (tertiary/aromatic N) is 1. The van der Waals surface area contributed by atoms with Gasteiger partial charge in [-0.25, -0.2) is 4.79 Å². The molecule has 1 amide bonds. The van der Waals surface area contributed by atoms with Crippen molar-refractivity contribution in [2.75, 3.05) is 13.2 Å². The van der Waals surface area contributed by atoms with Crippen LogP contribution in [0.2, 0.25) is 5.02 Å². The fraction of sp³-hybridized carbons (Fsp3) is 0.500. The third kappa shape index (κ3) is 3.71. The maximum absolute atomic E-state index is 12.7. The molecule has 0 radical (unpaired) electrons. The molecule has 1 saturated heterocycles. The lowest BCUT2D eigenvalue weighted by Crippen LogP contribution is -2.40. The smallest absolute Gasteiger partial charge is 0.326 e. The number of rotatable bonds is 6. The molecule has 1 aromatic rings. The molecular formula is C16H20ClNO4. The Bertz CT molecular complexity index is 561. The van der Waals surface area contributed by atoms with Gasteiger partial charge in [0.1, 0.15) is 11.8 Å². The Morgan fingerprint density at radius 3 is 2.91 bits per heavy atom. The van der Waals surface area contributed by atoms with E-state index in [1.807, 2.05) is 0 Å². The minimum atomic E-state index is -0.971. The summed E-state index contributed by atoms with van der Waals surface area (Å²) in [4.78, 5) is 25.3. The van der Waals surface area contributed by atoms with Crippen molar-refractivity contribution in [1.29, 1.82) is 0 Å². The molecule has 1 heterocycles. The van der Waals surface area contributed by atoms with E-state index in [9.17, 15) is 14.7 Å². The lowest BCUT2D eigenvalue weighted by molar-refractivity contribution is -0.141. The van der Waals surface area contributed by atoms with Crippen LogP contribution in [0.4, 0.5) is 0 Å². The maximum atomic E-state index is 12.7. The number of benzene rings is 1. The number of hydrogen-bond donors (Lipinski definition) is 1. The van der Waals surface area contributed by atoms with E-state index in [1.54, 1.807) is 18.2 Å². The molecule has 120 valence electrons. The lowest BCUT2D eigenvalue weighted by atomic mass is 10.1. The summed E-state index contributed by atoms with van der Waals surface area (Å²) < 4.78 is 5.66. The van der Waals surface area contributed by atoms with E-state index in [-0.39, 0.29) is 5.91 Å². The van der Waals surface area contributed by atoms with Crippen LogP contribution in [0.25, 0.3) is 0 Å². The molecule has 0 spiro atoms. The van der Waals surface area contributed by atoms with Gasteiger partial charge in [-0.05, 0) is 37.5 Å². The summed E-state index contributed by atoms with van der Waals surface area (Å²) in [6.07, 6.45) is 3.05. The van der Waals surface area contributed by atoms with Gasteiger partial charge in [0.05, 0.1) is 12.2 Å². The summed E-state index contributed by atoms with van der Waals surface area (Å²) in [7, 11) is 0. The highest BCUT2D eigenvalue weighted by Gasteiger charge is 2.35. The van der Waals surface area contributed by atoms with Gasteiger partial charge in [-0.15, -0.1) is 0 Å². The van der Waals surface area contributed by atoms with E-state index in [2.05, 4.69) is 6.92 Å². The molecule has 0 saturated carbocycles. The second-order valence-corrected chi connectivity index (χ2v) is 5.77. The Hall–Kier alpha value is -1.75. The van der Waals surface area contributed by atoms with Gasteiger partial charge in [0, 0.05) is 11.6 Å². The highest BCUT2D eigenvalue weighted by atomic mass is 35.5. The number of hydrogen-bond acceptors (Lipinski definition) is 3. The molecule has 6 heteroatoms. The SMILES string of the molecule is CCCCOc1ccc(Cl)cc1C(=O)N1CCCC1C(=O)O. The first-order chi connectivity index (χ1) is 10.5. The molecule has 22 heavy (non-hydrogen) atoms. The second kappa shape index (κ2) is 7.49. The van der Waals surface area contributed by atoms with Crippen molar-refractivity contribution in [3.05, 3.63) is 28.8 Å². The van der Waals surface area contributed by atoms with Crippen LogP contribution in [0.15, 0.2) is 18.2 Å². The molecule has 1 fully saturated rings. The van der Waals surface area contributed by atoms with Crippen molar-refractivity contribution < 1.29 is 19.4 Å². The number of likely N-dealkylation sites (tertiary alicyclic amines) is 1. The van der Waals surface area contributed by atoms with Gasteiger partial charge >= 0.3 is 5.97 Å². The van der Waals surface area contributed by atoms with Gasteiger partial charge in [0.15, 0.2) is 0 Å². The van der Waals surface area contributed by atoms with Crippen LogP contribution in [0, 0.1) is 0 Å². The Morgan fingerprint density at radius 1 is 1.45 bits per heavy atom. The van der Waals surface area contributed by atoms with Crippen LogP contribution in [0.1, 0.15) is 43.0 Å². The minimum Gasteiger partial charge on any atom is -0.493 e. The maximum Gasteiger partial charge on any atom is 0.326 e. The topological polar surface area (TPSA) is 66.8 Å². The summed E-state index contributed by atoms with van der Waals surface area (Å²) in [6.45, 7) is 3.01. The number of ether oxygens (including phenoxy) is 1. The number of carboxylic acids is 1. The normalized spacial score (nSPS) is 17.5. The van der Waals surface area contributed by atoms with Crippen molar-refractivity contribution in [3.8, 4) is 5.75 Å². The van der Waals surface area contributed by atoms with Crippen LogP contribution >= 0.6 is 11.6 Å². The van der Waals surface area contributed by atoms with Crippen molar-refractivity contribution in [2.24, 2.45) is 0 Å². The predicted octanol–water partition coefficient (Wildman–Crippen LogP) is 3.21. The van der Waals surface area contributed by atoms with Crippen LogP contribution in [-0.2, 0) is 4.79 Å². The summed E-state index contributed by atoms with van der Waals surface area (Å²) in [5.41, 5.74) is 0.330. The average Bonchev–Trinajstić information content (AvgIpc) is 2.98. The molecule has 1 N–H and O–H groups in total. The molecule has 5 nitrogen and oxygen atoms in total. The number of amides is 1. The van der Waals surface area contributed by atoms with Crippen LogP contribution in [0.3, 0.4) is 0 Å². The molecule has 2 rings (SSSR count). The van der Waals surface area contributed by atoms with E-state index in [0.717, 1.165) is 12.8 Å². The standard InChI is InChI=1S/C16H20ClNO4/c1-2-3-9-22-14-7-6-11(17)10-12(14)15(19)18-8-4-5-13(18)16(20)21/h6-7,10,13H,2-5,8-9H2,1H3,(H,20,21). The lowest BCUT2D eigenvalue weighted by Gasteiger charge is -2.22. The van der Waals surface area contributed by atoms with E-state index < -0.39 is 12.0 Å². The number of unbranched alkanes of at least 4 members (excludes halogenated alkanes) is 1. The molecule has 0 aliphatic carbocycles. The molecule has 1 aliphatic rings. The highest BCUT2D eigenvalue weighted by Crippen LogP contribution is 2.28. The monoisotopic (exact) mass is 325 g/mol. The van der Waals surface area contributed by atoms with Crippen molar-refractivity contribution in [1.82, 2.24) is 4.90 Å². The number of carbonyl (C=O) groups excluding carboxylic acids is 1. The zero-order chi connectivity index (χ0) is 16.1. The van der Waals surface area contributed by atoms with Crippen molar-refractivity contribution >= 4 is 23.5 Å². The molecule has 1 aliphatic heterocycles. The van der Waals surface area contributed by atoms with Crippen molar-refractivity contribution in [2.45, 2.75) is 38.6 Å². The Labute approximate surface area is 134 Å². The first-order valence-corrected chi connectivity index (χ1v) is 7.88. The highest BCUT2D eigenvalue weighted by molar-refractivity contribution is 6.31. The Kier molecular flexibility index (Phi) is 5.66. The van der Waals surface area contributed by atoms with Gasteiger partial charge in [-0.2, -0.15) is 0 Å². The van der Waals surface area contributed by atoms with Gasteiger partial charge in [0.2, 0.25) is 0 Å². The average molecular weight is 326 g/mol. The largest absolute Gasteiger partial charge is 0.493 e. The van der Waals surface area contributed by atoms with E-state index in [0.29, 0.717) is 42.3 Å². The number of carbonyl (C=O) groups is 2. The van der Waals surface area contributed by atoms with E-state index in [1.165, 1.54) is 4.90 Å². The molecule has 1 aromatic carbocycles. The summed E-state index contributed by atoms with van der Waals surface area (Å²) in [5, 5.41) is 9.65. The van der Waals surface area contributed by atoms with Gasteiger partial charge in [-0.1, -0.05) is 24.9 Å². The molecule has 1 atom stereocenters. The van der Waals surface area contributed by atoms with Gasteiger partial charge < -0.3 is 14.7 Å². The summed E-state index contributed by atoms with van der Waals surface area (Å²) in [6, 6.07) is 4.10. The van der Waals surface area contributed by atoms with Crippen LogP contribution < -0.4 is 4.74 Å². The van der Waals surface area contributed by atoms with E-state index >= 15 is 0 Å². The molecule has 0 aromatic heterocycles. The Balaban J connectivity index is 2.24. The number of halogens is 1. The third-order valence-corrected chi connectivity index (χ3v) is 3.96. The minimum absolute atomic E-state index is 0.330. The van der Waals surface area contributed by atoms with Crippen molar-refractivity contribution in [3.63, 3.8) is 0 Å². The number of aliphatic carboxylic acids is 1.